The van der Waals surface area contributed by atoms with Gasteiger partial charge in [-0.2, -0.15) is 5.10 Å². The molecule has 1 aromatic heterocycles. The molecule has 0 radical (unpaired) electrons. The number of carbonyl (C=O) groups is 1. The lowest BCUT2D eigenvalue weighted by Gasteiger charge is -2.23. The third kappa shape index (κ3) is 2.16. The smallest absolute Gasteiger partial charge is 0.321 e. The number of likely N-dealkylation sites (tertiary alicyclic amines) is 1. The summed E-state index contributed by atoms with van der Waals surface area (Å²) in [6.45, 7) is 3.63. The van der Waals surface area contributed by atoms with Gasteiger partial charge in [0.1, 0.15) is 6.04 Å². The van der Waals surface area contributed by atoms with Crippen molar-refractivity contribution < 1.29 is 9.90 Å². The van der Waals surface area contributed by atoms with Crippen LogP contribution in [-0.4, -0.2) is 38.3 Å². The van der Waals surface area contributed by atoms with Crippen LogP contribution in [0.3, 0.4) is 0 Å². The molecule has 1 aliphatic heterocycles. The predicted molar refractivity (Wildman–Crippen MR) is 70.6 cm³/mol. The molecule has 5 heteroatoms. The van der Waals surface area contributed by atoms with Crippen LogP contribution in [0.4, 0.5) is 0 Å². The average Bonchev–Trinajstić information content (AvgIpc) is 2.93. The van der Waals surface area contributed by atoms with Gasteiger partial charge in [0.15, 0.2) is 0 Å². The second kappa shape index (κ2) is 4.63. The molecule has 1 N–H and O–H groups in total. The van der Waals surface area contributed by atoms with E-state index in [9.17, 15) is 9.90 Å². The molecule has 1 aliphatic carbocycles. The largest absolute Gasteiger partial charge is 0.480 e. The Bertz CT molecular complexity index is 497. The van der Waals surface area contributed by atoms with Gasteiger partial charge in [-0.3, -0.25) is 14.4 Å². The zero-order valence-electron chi connectivity index (χ0n) is 11.5. The van der Waals surface area contributed by atoms with Gasteiger partial charge in [-0.05, 0) is 31.6 Å². The van der Waals surface area contributed by atoms with Gasteiger partial charge in [-0.15, -0.1) is 0 Å². The van der Waals surface area contributed by atoms with E-state index in [1.807, 2.05) is 20.2 Å². The van der Waals surface area contributed by atoms with Gasteiger partial charge in [-0.25, -0.2) is 0 Å². The number of aromatic nitrogens is 2. The standard InChI is InChI=1S/C14H21N3O2/c1-9-11(6-16(2)15-9)8-17-7-10-4-3-5-12(10)13(17)14(18)19/h6,10,12-13H,3-5,7-8H2,1-2H3,(H,18,19). The van der Waals surface area contributed by atoms with Crippen molar-refractivity contribution in [3.63, 3.8) is 0 Å². The highest BCUT2D eigenvalue weighted by atomic mass is 16.4. The molecule has 2 aliphatic rings. The van der Waals surface area contributed by atoms with Gasteiger partial charge >= 0.3 is 5.97 Å². The Morgan fingerprint density at radius 3 is 2.95 bits per heavy atom. The molecule has 3 rings (SSSR count). The second-order valence-corrected chi connectivity index (χ2v) is 5.98. The highest BCUT2D eigenvalue weighted by molar-refractivity contribution is 5.74. The number of aliphatic carboxylic acids is 1. The van der Waals surface area contributed by atoms with Gasteiger partial charge in [0.05, 0.1) is 5.69 Å². The van der Waals surface area contributed by atoms with Crippen molar-refractivity contribution in [3.8, 4) is 0 Å². The van der Waals surface area contributed by atoms with Gasteiger partial charge in [-0.1, -0.05) is 6.42 Å². The third-order valence-corrected chi connectivity index (χ3v) is 4.73. The molecule has 19 heavy (non-hydrogen) atoms. The maximum absolute atomic E-state index is 11.6. The quantitative estimate of drug-likeness (QED) is 0.896. The monoisotopic (exact) mass is 263 g/mol. The third-order valence-electron chi connectivity index (χ3n) is 4.73. The number of hydrogen-bond donors (Lipinski definition) is 1. The summed E-state index contributed by atoms with van der Waals surface area (Å²) in [4.78, 5) is 13.7. The summed E-state index contributed by atoms with van der Waals surface area (Å²) >= 11 is 0. The Morgan fingerprint density at radius 1 is 1.53 bits per heavy atom. The summed E-state index contributed by atoms with van der Waals surface area (Å²) in [5.74, 6) is 0.281. The van der Waals surface area contributed by atoms with Crippen LogP contribution in [0.2, 0.25) is 0 Å². The van der Waals surface area contributed by atoms with Crippen molar-refractivity contribution in [2.45, 2.75) is 38.8 Å². The summed E-state index contributed by atoms with van der Waals surface area (Å²) in [6.07, 6.45) is 5.46. The van der Waals surface area contributed by atoms with Crippen molar-refractivity contribution in [3.05, 3.63) is 17.5 Å². The topological polar surface area (TPSA) is 58.4 Å². The minimum Gasteiger partial charge on any atom is -0.480 e. The first-order valence-electron chi connectivity index (χ1n) is 7.02. The first-order chi connectivity index (χ1) is 9.06. The fourth-order valence-corrected chi connectivity index (χ4v) is 3.92. The molecule has 0 aromatic carbocycles. The number of fused-ring (bicyclic) bond motifs is 1. The van der Waals surface area contributed by atoms with Crippen LogP contribution in [0.15, 0.2) is 6.20 Å². The number of carboxylic acids is 1. The van der Waals surface area contributed by atoms with Crippen molar-refractivity contribution in [2.75, 3.05) is 6.54 Å². The van der Waals surface area contributed by atoms with Crippen molar-refractivity contribution in [1.29, 1.82) is 0 Å². The lowest BCUT2D eigenvalue weighted by molar-refractivity contribution is -0.143. The van der Waals surface area contributed by atoms with E-state index in [-0.39, 0.29) is 6.04 Å². The van der Waals surface area contributed by atoms with Gasteiger partial charge in [0.25, 0.3) is 0 Å². The summed E-state index contributed by atoms with van der Waals surface area (Å²) in [5, 5.41) is 13.9. The first-order valence-corrected chi connectivity index (χ1v) is 7.02. The maximum Gasteiger partial charge on any atom is 0.321 e. The molecule has 0 bridgehead atoms. The Hall–Kier alpha value is -1.36. The zero-order valence-corrected chi connectivity index (χ0v) is 11.5. The fourth-order valence-electron chi connectivity index (χ4n) is 3.92. The number of nitrogens with zero attached hydrogens (tertiary/aromatic N) is 3. The highest BCUT2D eigenvalue weighted by Gasteiger charge is 2.47. The molecule has 2 heterocycles. The van der Waals surface area contributed by atoms with E-state index in [2.05, 4.69) is 10.00 Å². The summed E-state index contributed by atoms with van der Waals surface area (Å²) in [7, 11) is 1.91. The van der Waals surface area contributed by atoms with Crippen LogP contribution in [0.5, 0.6) is 0 Å². The summed E-state index contributed by atoms with van der Waals surface area (Å²) in [5.41, 5.74) is 2.15. The van der Waals surface area contributed by atoms with E-state index < -0.39 is 5.97 Å². The summed E-state index contributed by atoms with van der Waals surface area (Å²) < 4.78 is 1.80. The lowest BCUT2D eigenvalue weighted by Crippen LogP contribution is -2.39. The molecule has 1 saturated carbocycles. The molecule has 2 fully saturated rings. The van der Waals surface area contributed by atoms with Gasteiger partial charge < -0.3 is 5.11 Å². The molecule has 1 saturated heterocycles. The van der Waals surface area contributed by atoms with Crippen molar-refractivity contribution in [2.24, 2.45) is 18.9 Å². The Morgan fingerprint density at radius 2 is 2.32 bits per heavy atom. The number of carboxylic acid groups (broad SMARTS) is 1. The Balaban J connectivity index is 1.80. The van der Waals surface area contributed by atoms with Crippen LogP contribution < -0.4 is 0 Å². The predicted octanol–water partition coefficient (Wildman–Crippen LogP) is 1.41. The van der Waals surface area contributed by atoms with Crippen LogP contribution in [0, 0.1) is 18.8 Å². The number of hydrogen-bond acceptors (Lipinski definition) is 3. The fraction of sp³-hybridized carbons (Fsp3) is 0.714. The maximum atomic E-state index is 11.6. The minimum atomic E-state index is -0.657. The highest BCUT2D eigenvalue weighted by Crippen LogP contribution is 2.42. The van der Waals surface area contributed by atoms with E-state index in [0.29, 0.717) is 18.4 Å². The van der Waals surface area contributed by atoms with E-state index in [1.54, 1.807) is 4.68 Å². The SMILES string of the molecule is Cc1nn(C)cc1CN1CC2CCCC2C1C(=O)O. The zero-order chi connectivity index (χ0) is 13.6. The Kier molecular flexibility index (Phi) is 3.09. The minimum absolute atomic E-state index is 0.299. The molecule has 3 atom stereocenters. The van der Waals surface area contributed by atoms with E-state index in [4.69, 9.17) is 0 Å². The van der Waals surface area contributed by atoms with E-state index in [1.165, 1.54) is 12.8 Å². The molecular weight excluding hydrogens is 242 g/mol. The van der Waals surface area contributed by atoms with Crippen LogP contribution in [0.25, 0.3) is 0 Å². The van der Waals surface area contributed by atoms with Gasteiger partial charge in [0.2, 0.25) is 0 Å². The van der Waals surface area contributed by atoms with E-state index >= 15 is 0 Å². The van der Waals surface area contributed by atoms with Crippen LogP contribution >= 0.6 is 0 Å². The Labute approximate surface area is 113 Å². The second-order valence-electron chi connectivity index (χ2n) is 5.98. The normalized spacial score (nSPS) is 30.7. The average molecular weight is 263 g/mol. The first kappa shape index (κ1) is 12.7. The van der Waals surface area contributed by atoms with E-state index in [0.717, 1.165) is 24.2 Å². The van der Waals surface area contributed by atoms with Crippen LogP contribution in [0.1, 0.15) is 30.5 Å². The molecule has 0 spiro atoms. The van der Waals surface area contributed by atoms with Crippen molar-refractivity contribution in [1.82, 2.24) is 14.7 Å². The molecule has 3 unspecified atom stereocenters. The summed E-state index contributed by atoms with van der Waals surface area (Å²) in [6, 6.07) is -0.299. The number of rotatable bonds is 3. The van der Waals surface area contributed by atoms with Crippen molar-refractivity contribution >= 4 is 5.97 Å². The molecule has 104 valence electrons. The lowest BCUT2D eigenvalue weighted by atomic mass is 9.94. The molecular formula is C14H21N3O2. The van der Waals surface area contributed by atoms with Crippen LogP contribution in [-0.2, 0) is 18.4 Å². The number of aryl methyl sites for hydroxylation is 2. The molecule has 1 aromatic rings. The molecule has 5 nitrogen and oxygen atoms in total. The van der Waals surface area contributed by atoms with Gasteiger partial charge in [0, 0.05) is 31.9 Å². The molecule has 0 amide bonds.